The van der Waals surface area contributed by atoms with Crippen molar-refractivity contribution in [3.63, 3.8) is 0 Å². The van der Waals surface area contributed by atoms with E-state index < -0.39 is 12.2 Å². The smallest absolute Gasteiger partial charge is 0.407 e. The molecule has 0 bridgehead atoms. The molecule has 0 unspecified atom stereocenters. The second kappa shape index (κ2) is 17.4. The second-order valence-electron chi connectivity index (χ2n) is 13.7. The van der Waals surface area contributed by atoms with Crippen LogP contribution < -0.4 is 10.6 Å². The number of para-hydroxylation sites is 2. The molecule has 3 aromatic heterocycles. The van der Waals surface area contributed by atoms with Crippen LogP contribution in [0, 0.1) is 0 Å². The summed E-state index contributed by atoms with van der Waals surface area (Å²) in [5, 5.41) is 8.75. The van der Waals surface area contributed by atoms with Crippen LogP contribution >= 0.6 is 0 Å². The van der Waals surface area contributed by atoms with Crippen molar-refractivity contribution in [3.05, 3.63) is 84.7 Å². The van der Waals surface area contributed by atoms with Gasteiger partial charge in [0.25, 0.3) is 0 Å². The molecule has 7 aromatic rings. The number of alkyl carbamates (subject to hydrolysis) is 2. The zero-order valence-electron chi connectivity index (χ0n) is 32.7. The zero-order valence-corrected chi connectivity index (χ0v) is 32.7. The summed E-state index contributed by atoms with van der Waals surface area (Å²) in [6.07, 6.45) is 3.65. The maximum absolute atomic E-state index is 12.9. The molecule has 0 atom stereocenters. The van der Waals surface area contributed by atoms with Crippen LogP contribution in [-0.2, 0) is 32.2 Å². The number of nitrogens with one attached hydrogen (secondary N) is 4. The Kier molecular flexibility index (Phi) is 11.7. The Hall–Kier alpha value is -7.10. The summed E-state index contributed by atoms with van der Waals surface area (Å²) in [6.45, 7) is 5.11. The number of carbonyl (C=O) groups excluding carboxylic acids is 4. The van der Waals surface area contributed by atoms with Crippen molar-refractivity contribution in [1.29, 1.82) is 0 Å². The first-order valence-corrected chi connectivity index (χ1v) is 19.0. The molecule has 0 fully saturated rings. The maximum atomic E-state index is 12.9. The van der Waals surface area contributed by atoms with Crippen LogP contribution in [0.1, 0.15) is 38.3 Å². The highest BCUT2D eigenvalue weighted by molar-refractivity contribution is 6.24. The number of aromatic amines is 2. The van der Waals surface area contributed by atoms with E-state index in [1.807, 2.05) is 50.2 Å². The van der Waals surface area contributed by atoms with Crippen molar-refractivity contribution in [1.82, 2.24) is 50.3 Å². The van der Waals surface area contributed by atoms with Crippen molar-refractivity contribution in [3.8, 4) is 22.5 Å². The van der Waals surface area contributed by atoms with Gasteiger partial charge in [0.05, 0.1) is 73.2 Å². The minimum atomic E-state index is -0.666. The van der Waals surface area contributed by atoms with Crippen LogP contribution in [0.3, 0.4) is 0 Å². The molecule has 0 saturated heterocycles. The van der Waals surface area contributed by atoms with E-state index in [0.717, 1.165) is 79.0 Å². The molecule has 4 aromatic carbocycles. The summed E-state index contributed by atoms with van der Waals surface area (Å²) in [5.41, 5.74) is 6.38. The van der Waals surface area contributed by atoms with E-state index in [0.29, 0.717) is 24.7 Å². The highest BCUT2D eigenvalue weighted by Gasteiger charge is 2.20. The van der Waals surface area contributed by atoms with Crippen molar-refractivity contribution < 1.29 is 28.7 Å². The number of H-pyrrole nitrogens is 2. The van der Waals surface area contributed by atoms with Crippen LogP contribution in [0.5, 0.6) is 0 Å². The van der Waals surface area contributed by atoms with Gasteiger partial charge in [-0.15, -0.1) is 0 Å². The molecule has 16 heteroatoms. The Morgan fingerprint density at radius 1 is 0.621 bits per heavy atom. The Morgan fingerprint density at radius 2 is 1.05 bits per heavy atom. The number of amides is 4. The summed E-state index contributed by atoms with van der Waals surface area (Å²) in [4.78, 5) is 78.5. The topological polar surface area (TPSA) is 200 Å². The van der Waals surface area contributed by atoms with Gasteiger partial charge in [0.15, 0.2) is 0 Å². The Balaban J connectivity index is 1.22. The SMILES string of the molecule is CCCN(Cc1ncc(-c2ccc3c4ccc(-c5cnc(CN(CCC)C(=O)CNC(=O)OC)[nH]5)cc4c4nc5ccccc5nc4c3c2)[nH]1)C(=O)CNC(=O)OC. The van der Waals surface area contributed by atoms with E-state index in [1.165, 1.54) is 14.2 Å². The van der Waals surface area contributed by atoms with E-state index in [-0.39, 0.29) is 38.0 Å². The fraction of sp³-hybridized carbons (Fsp3) is 0.286. The summed E-state index contributed by atoms with van der Waals surface area (Å²) < 4.78 is 9.20. The molecule has 0 aliphatic heterocycles. The monoisotopic (exact) mass is 784 g/mol. The molecular formula is C42H44N10O6. The average molecular weight is 785 g/mol. The second-order valence-corrected chi connectivity index (χ2v) is 13.7. The Labute approximate surface area is 333 Å². The van der Waals surface area contributed by atoms with Crippen LogP contribution in [0.4, 0.5) is 9.59 Å². The maximum Gasteiger partial charge on any atom is 0.407 e. The predicted octanol–water partition coefficient (Wildman–Crippen LogP) is 6.06. The number of ether oxygens (including phenoxy) is 2. The summed E-state index contributed by atoms with van der Waals surface area (Å²) >= 11 is 0. The fourth-order valence-corrected chi connectivity index (χ4v) is 6.99. The summed E-state index contributed by atoms with van der Waals surface area (Å²) in [7, 11) is 2.50. The molecule has 3 heterocycles. The predicted molar refractivity (Wildman–Crippen MR) is 219 cm³/mol. The van der Waals surface area contributed by atoms with E-state index >= 15 is 0 Å². The van der Waals surface area contributed by atoms with E-state index in [4.69, 9.17) is 9.97 Å². The number of carbonyl (C=O) groups is 4. The lowest BCUT2D eigenvalue weighted by Crippen LogP contribution is -2.40. The Morgan fingerprint density at radius 3 is 1.45 bits per heavy atom. The Bertz CT molecular complexity index is 2470. The van der Waals surface area contributed by atoms with E-state index in [1.54, 1.807) is 22.2 Å². The van der Waals surface area contributed by atoms with Gasteiger partial charge in [-0.1, -0.05) is 50.2 Å². The average Bonchev–Trinajstić information content (AvgIpc) is 3.93. The number of hydrogen-bond donors (Lipinski definition) is 4. The molecular weight excluding hydrogens is 741 g/mol. The zero-order chi connectivity index (χ0) is 40.8. The molecule has 16 nitrogen and oxygen atoms in total. The van der Waals surface area contributed by atoms with Crippen LogP contribution in [0.15, 0.2) is 73.1 Å². The molecule has 4 N–H and O–H groups in total. The van der Waals surface area contributed by atoms with Gasteiger partial charge < -0.3 is 39.9 Å². The molecule has 0 aliphatic rings. The molecule has 4 amide bonds. The van der Waals surface area contributed by atoms with Gasteiger partial charge in [-0.2, -0.15) is 0 Å². The normalized spacial score (nSPS) is 11.2. The fourth-order valence-electron chi connectivity index (χ4n) is 6.99. The first kappa shape index (κ1) is 39.1. The van der Waals surface area contributed by atoms with Crippen molar-refractivity contribution >= 4 is 67.6 Å². The standard InChI is InChI=1S/C42H44N10O6/c1-5-15-51(37(53)21-45-41(55)57-3)23-35-43-19-33(47-35)25-11-13-27-28-14-12-26(18-30(28)40-39(29(27)17-25)49-31-9-7-8-10-32(31)50-40)34-20-44-36(48-34)24-52(16-6-2)38(54)22-46-42(56)58-4/h7-14,17-20H,5-6,15-16,21-24H2,1-4H3,(H,43,47)(H,44,48)(H,45,55)(H,46,56). The number of nitrogens with zero attached hydrogens (tertiary/aromatic N) is 6. The first-order valence-electron chi connectivity index (χ1n) is 19.0. The number of fused-ring (bicyclic) bond motifs is 7. The molecule has 0 radical (unpaired) electrons. The highest BCUT2D eigenvalue weighted by atomic mass is 16.5. The van der Waals surface area contributed by atoms with Gasteiger partial charge in [0.1, 0.15) is 24.7 Å². The lowest BCUT2D eigenvalue weighted by Gasteiger charge is -2.21. The van der Waals surface area contributed by atoms with Gasteiger partial charge in [-0.25, -0.2) is 29.5 Å². The number of aromatic nitrogens is 6. The van der Waals surface area contributed by atoms with Crippen LogP contribution in [0.2, 0.25) is 0 Å². The molecule has 0 saturated carbocycles. The van der Waals surface area contributed by atoms with Crippen molar-refractivity contribution in [2.45, 2.75) is 39.8 Å². The number of benzene rings is 4. The number of methoxy groups -OCH3 is 2. The lowest BCUT2D eigenvalue weighted by molar-refractivity contribution is -0.131. The molecule has 0 aliphatic carbocycles. The third kappa shape index (κ3) is 8.35. The van der Waals surface area contributed by atoms with E-state index in [2.05, 4.69) is 64.3 Å². The minimum Gasteiger partial charge on any atom is -0.453 e. The number of rotatable bonds is 14. The van der Waals surface area contributed by atoms with Crippen molar-refractivity contribution in [2.24, 2.45) is 0 Å². The summed E-state index contributed by atoms with van der Waals surface area (Å²) in [6, 6.07) is 20.2. The van der Waals surface area contributed by atoms with Gasteiger partial charge in [0, 0.05) is 35.0 Å². The third-order valence-corrected chi connectivity index (χ3v) is 9.80. The largest absolute Gasteiger partial charge is 0.453 e. The molecule has 58 heavy (non-hydrogen) atoms. The van der Waals surface area contributed by atoms with Gasteiger partial charge >= 0.3 is 12.2 Å². The van der Waals surface area contributed by atoms with Crippen LogP contribution in [0.25, 0.3) is 66.1 Å². The minimum absolute atomic E-state index is 0.176. The van der Waals surface area contributed by atoms with Gasteiger partial charge in [-0.05, 0) is 47.9 Å². The van der Waals surface area contributed by atoms with E-state index in [9.17, 15) is 19.2 Å². The number of imidazole rings is 2. The molecule has 0 spiro atoms. The number of hydrogen-bond acceptors (Lipinski definition) is 10. The highest BCUT2D eigenvalue weighted by Crippen LogP contribution is 2.38. The van der Waals surface area contributed by atoms with Crippen LogP contribution in [-0.4, -0.2) is 104 Å². The molecule has 298 valence electrons. The van der Waals surface area contributed by atoms with Crippen molar-refractivity contribution in [2.75, 3.05) is 40.4 Å². The third-order valence-electron chi connectivity index (χ3n) is 9.80. The van der Waals surface area contributed by atoms with Gasteiger partial charge in [-0.3, -0.25) is 9.59 Å². The summed E-state index contributed by atoms with van der Waals surface area (Å²) in [5.74, 6) is 0.735. The first-order chi connectivity index (χ1) is 28.2. The quantitative estimate of drug-likeness (QED) is 0.0743. The van der Waals surface area contributed by atoms with Gasteiger partial charge in [0.2, 0.25) is 11.8 Å². The molecule has 7 rings (SSSR count). The lowest BCUT2D eigenvalue weighted by atomic mass is 9.95.